The van der Waals surface area contributed by atoms with Crippen molar-refractivity contribution in [3.05, 3.63) is 95.1 Å². The van der Waals surface area contributed by atoms with Crippen LogP contribution in [-0.4, -0.2) is 62.0 Å². The van der Waals surface area contributed by atoms with Gasteiger partial charge in [-0.3, -0.25) is 9.69 Å². The van der Waals surface area contributed by atoms with Crippen LogP contribution in [0, 0.1) is 13.8 Å². The standard InChI is InChI=1S/C28H33N3O3S2/c1-22-3-11-26(12-4-22)35-20-15-29-28(32)25-9-7-24(8-10-25)21-30-16-18-31(19-17-30)36(33,34)27-13-5-23(2)6-14-27/h3-14H,15-21H2,1-2H3,(H,29,32). The summed E-state index contributed by atoms with van der Waals surface area (Å²) in [6, 6.07) is 23.1. The number of hydrogen-bond donors (Lipinski definition) is 1. The fourth-order valence-corrected chi connectivity index (χ4v) is 6.27. The number of nitrogens with one attached hydrogen (secondary N) is 1. The molecule has 1 amide bonds. The number of thioether (sulfide) groups is 1. The third-order valence-corrected chi connectivity index (χ3v) is 9.22. The average molecular weight is 524 g/mol. The van der Waals surface area contributed by atoms with E-state index in [0.29, 0.717) is 43.2 Å². The minimum atomic E-state index is -3.46. The molecule has 3 aromatic rings. The number of carbonyl (C=O) groups is 1. The van der Waals surface area contributed by atoms with E-state index in [4.69, 9.17) is 0 Å². The molecule has 1 N–H and O–H groups in total. The minimum absolute atomic E-state index is 0.0685. The predicted molar refractivity (Wildman–Crippen MR) is 146 cm³/mol. The Kier molecular flexibility index (Phi) is 8.85. The predicted octanol–water partition coefficient (Wildman–Crippen LogP) is 4.33. The molecule has 0 aromatic heterocycles. The van der Waals surface area contributed by atoms with Gasteiger partial charge in [-0.25, -0.2) is 8.42 Å². The maximum absolute atomic E-state index is 12.9. The highest BCUT2D eigenvalue weighted by molar-refractivity contribution is 7.99. The van der Waals surface area contributed by atoms with Crippen molar-refractivity contribution in [3.8, 4) is 0 Å². The molecule has 8 heteroatoms. The zero-order valence-electron chi connectivity index (χ0n) is 20.8. The summed E-state index contributed by atoms with van der Waals surface area (Å²) >= 11 is 1.73. The number of piperazine rings is 1. The summed E-state index contributed by atoms with van der Waals surface area (Å²) in [6.45, 7) is 7.64. The molecule has 0 saturated carbocycles. The maximum atomic E-state index is 12.9. The summed E-state index contributed by atoms with van der Waals surface area (Å²) in [5.41, 5.74) is 4.04. The zero-order chi connectivity index (χ0) is 25.5. The van der Waals surface area contributed by atoms with Gasteiger partial charge in [-0.1, -0.05) is 47.5 Å². The van der Waals surface area contributed by atoms with Gasteiger partial charge >= 0.3 is 0 Å². The molecule has 0 bridgehead atoms. The molecule has 1 aliphatic heterocycles. The third-order valence-electron chi connectivity index (χ3n) is 6.29. The highest BCUT2D eigenvalue weighted by Gasteiger charge is 2.28. The number of rotatable bonds is 9. The van der Waals surface area contributed by atoms with Gasteiger partial charge in [0.15, 0.2) is 0 Å². The van der Waals surface area contributed by atoms with E-state index in [1.165, 1.54) is 10.5 Å². The SMILES string of the molecule is Cc1ccc(SCCNC(=O)c2ccc(CN3CCN(S(=O)(=O)c4ccc(C)cc4)CC3)cc2)cc1. The molecule has 190 valence electrons. The van der Waals surface area contributed by atoms with Gasteiger partial charge < -0.3 is 5.32 Å². The number of carbonyl (C=O) groups excluding carboxylic acids is 1. The number of nitrogens with zero attached hydrogens (tertiary/aromatic N) is 2. The topological polar surface area (TPSA) is 69.7 Å². The van der Waals surface area contributed by atoms with E-state index in [0.717, 1.165) is 23.4 Å². The Morgan fingerprint density at radius 1 is 0.833 bits per heavy atom. The van der Waals surface area contributed by atoms with Gasteiger partial charge in [-0.15, -0.1) is 11.8 Å². The van der Waals surface area contributed by atoms with Crippen molar-refractivity contribution in [2.45, 2.75) is 30.2 Å². The Morgan fingerprint density at radius 2 is 1.42 bits per heavy atom. The van der Waals surface area contributed by atoms with Crippen molar-refractivity contribution in [1.82, 2.24) is 14.5 Å². The smallest absolute Gasteiger partial charge is 0.251 e. The van der Waals surface area contributed by atoms with E-state index in [2.05, 4.69) is 41.4 Å². The van der Waals surface area contributed by atoms with E-state index in [1.807, 2.05) is 43.3 Å². The first-order valence-electron chi connectivity index (χ1n) is 12.2. The fraction of sp³-hybridized carbons (Fsp3) is 0.321. The molecule has 0 spiro atoms. The molecule has 0 radical (unpaired) electrons. The lowest BCUT2D eigenvalue weighted by atomic mass is 10.1. The number of sulfonamides is 1. The lowest BCUT2D eigenvalue weighted by Gasteiger charge is -2.34. The van der Waals surface area contributed by atoms with Crippen LogP contribution in [0.2, 0.25) is 0 Å². The summed E-state index contributed by atoms with van der Waals surface area (Å²) in [5, 5.41) is 2.98. The second kappa shape index (κ2) is 12.1. The van der Waals surface area contributed by atoms with Crippen molar-refractivity contribution in [3.63, 3.8) is 0 Å². The number of hydrogen-bond acceptors (Lipinski definition) is 5. The van der Waals surface area contributed by atoms with E-state index >= 15 is 0 Å². The summed E-state index contributed by atoms with van der Waals surface area (Å²) in [5.74, 6) is 0.749. The third kappa shape index (κ3) is 6.97. The first-order valence-corrected chi connectivity index (χ1v) is 14.6. The fourth-order valence-electron chi connectivity index (χ4n) is 4.08. The number of aryl methyl sites for hydroxylation is 2. The van der Waals surface area contributed by atoms with Crippen molar-refractivity contribution < 1.29 is 13.2 Å². The molecule has 1 saturated heterocycles. The second-order valence-corrected chi connectivity index (χ2v) is 12.2. The van der Waals surface area contributed by atoms with Crippen LogP contribution < -0.4 is 5.32 Å². The van der Waals surface area contributed by atoms with E-state index in [1.54, 1.807) is 28.2 Å². The van der Waals surface area contributed by atoms with Gasteiger partial charge in [0.25, 0.3) is 5.91 Å². The van der Waals surface area contributed by atoms with Gasteiger partial charge in [-0.05, 0) is 55.8 Å². The van der Waals surface area contributed by atoms with Crippen LogP contribution in [-0.2, 0) is 16.6 Å². The Bertz CT molecular complexity index is 1250. The molecule has 6 nitrogen and oxygen atoms in total. The van der Waals surface area contributed by atoms with Crippen LogP contribution in [0.3, 0.4) is 0 Å². The molecule has 1 aliphatic rings. The summed E-state index contributed by atoms with van der Waals surface area (Å²) < 4.78 is 27.4. The lowest BCUT2D eigenvalue weighted by Crippen LogP contribution is -2.48. The second-order valence-electron chi connectivity index (χ2n) is 9.11. The Hall–Kier alpha value is -2.65. The molecule has 0 aliphatic carbocycles. The van der Waals surface area contributed by atoms with Gasteiger partial charge in [0, 0.05) is 55.5 Å². The van der Waals surface area contributed by atoms with E-state index < -0.39 is 10.0 Å². The quantitative estimate of drug-likeness (QED) is 0.334. The summed E-state index contributed by atoms with van der Waals surface area (Å²) in [6.07, 6.45) is 0. The Morgan fingerprint density at radius 3 is 2.03 bits per heavy atom. The monoisotopic (exact) mass is 523 g/mol. The Balaban J connectivity index is 1.21. The maximum Gasteiger partial charge on any atom is 0.251 e. The van der Waals surface area contributed by atoms with Crippen molar-refractivity contribution in [1.29, 1.82) is 0 Å². The molecule has 1 fully saturated rings. The largest absolute Gasteiger partial charge is 0.351 e. The number of benzene rings is 3. The van der Waals surface area contributed by atoms with Crippen LogP contribution in [0.5, 0.6) is 0 Å². The number of amides is 1. The zero-order valence-corrected chi connectivity index (χ0v) is 22.4. The molecule has 3 aromatic carbocycles. The van der Waals surface area contributed by atoms with Crippen LogP contribution in [0.25, 0.3) is 0 Å². The van der Waals surface area contributed by atoms with Gasteiger partial charge in [0.05, 0.1) is 4.90 Å². The molecule has 36 heavy (non-hydrogen) atoms. The van der Waals surface area contributed by atoms with Gasteiger partial charge in [-0.2, -0.15) is 4.31 Å². The first-order chi connectivity index (χ1) is 17.3. The average Bonchev–Trinajstić information content (AvgIpc) is 2.88. The van der Waals surface area contributed by atoms with E-state index in [9.17, 15) is 13.2 Å². The summed E-state index contributed by atoms with van der Waals surface area (Å²) in [4.78, 5) is 16.3. The van der Waals surface area contributed by atoms with Crippen LogP contribution in [0.4, 0.5) is 0 Å². The highest BCUT2D eigenvalue weighted by atomic mass is 32.2. The molecule has 1 heterocycles. The molecule has 0 unspecified atom stereocenters. The van der Waals surface area contributed by atoms with Gasteiger partial charge in [0.1, 0.15) is 0 Å². The van der Waals surface area contributed by atoms with Crippen LogP contribution in [0.15, 0.2) is 82.6 Å². The van der Waals surface area contributed by atoms with Crippen LogP contribution in [0.1, 0.15) is 27.0 Å². The van der Waals surface area contributed by atoms with Crippen molar-refractivity contribution in [2.24, 2.45) is 0 Å². The minimum Gasteiger partial charge on any atom is -0.351 e. The molecular weight excluding hydrogens is 490 g/mol. The van der Waals surface area contributed by atoms with Crippen molar-refractivity contribution in [2.75, 3.05) is 38.5 Å². The van der Waals surface area contributed by atoms with Crippen LogP contribution >= 0.6 is 11.8 Å². The summed E-state index contributed by atoms with van der Waals surface area (Å²) in [7, 11) is -3.46. The van der Waals surface area contributed by atoms with Gasteiger partial charge in [0.2, 0.25) is 10.0 Å². The molecule has 4 rings (SSSR count). The Labute approximate surface area is 218 Å². The van der Waals surface area contributed by atoms with E-state index in [-0.39, 0.29) is 5.91 Å². The van der Waals surface area contributed by atoms with Crippen molar-refractivity contribution >= 4 is 27.7 Å². The first kappa shape index (κ1) is 26.4. The normalized spacial score (nSPS) is 15.1. The molecular formula is C28H33N3O3S2. The lowest BCUT2D eigenvalue weighted by molar-refractivity contribution is 0.0956. The molecule has 0 atom stereocenters. The highest BCUT2D eigenvalue weighted by Crippen LogP contribution is 2.20.